The molecular weight excluding hydrogens is 437 g/mol. The minimum absolute atomic E-state index is 0.00830. The quantitative estimate of drug-likeness (QED) is 0.568. The van der Waals surface area contributed by atoms with Crippen LogP contribution in [-0.4, -0.2) is 21.4 Å². The zero-order valence-electron chi connectivity index (χ0n) is 15.3. The molecule has 0 saturated heterocycles. The summed E-state index contributed by atoms with van der Waals surface area (Å²) in [6.45, 7) is 0.284. The van der Waals surface area contributed by atoms with Gasteiger partial charge in [0.2, 0.25) is 0 Å². The summed E-state index contributed by atoms with van der Waals surface area (Å²) < 4.78 is 35.8. The minimum atomic E-state index is -3.85. The molecule has 0 aliphatic carbocycles. The fourth-order valence-corrected chi connectivity index (χ4v) is 5.14. The van der Waals surface area contributed by atoms with Crippen LogP contribution in [0.5, 0.6) is 5.75 Å². The number of carbonyl (C=O) groups excluding carboxylic acids is 1. The molecule has 1 aromatic heterocycles. The van der Waals surface area contributed by atoms with Crippen molar-refractivity contribution in [1.82, 2.24) is 5.32 Å². The van der Waals surface area contributed by atoms with Gasteiger partial charge in [0.25, 0.3) is 5.91 Å². The third-order valence-electron chi connectivity index (χ3n) is 4.06. The molecule has 1 amide bonds. The van der Waals surface area contributed by atoms with Crippen LogP contribution in [0.2, 0.25) is 10.0 Å². The van der Waals surface area contributed by atoms with Gasteiger partial charge < -0.3 is 14.5 Å². The summed E-state index contributed by atoms with van der Waals surface area (Å²) in [6, 6.07) is 14.5. The summed E-state index contributed by atoms with van der Waals surface area (Å²) in [5, 5.41) is 2.77. The highest BCUT2D eigenvalue weighted by atomic mass is 35.5. The van der Waals surface area contributed by atoms with E-state index in [-0.39, 0.29) is 33.0 Å². The first-order valence-corrected chi connectivity index (χ1v) is 10.9. The molecule has 6 nitrogen and oxygen atoms in total. The second-order valence-corrected chi connectivity index (χ2v) is 8.85. The normalized spacial score (nSPS) is 11.3. The molecule has 0 atom stereocenters. The van der Waals surface area contributed by atoms with Crippen molar-refractivity contribution in [3.63, 3.8) is 0 Å². The number of amides is 1. The van der Waals surface area contributed by atoms with E-state index in [0.717, 1.165) is 11.3 Å². The van der Waals surface area contributed by atoms with Crippen molar-refractivity contribution in [2.45, 2.75) is 17.2 Å². The maximum Gasteiger partial charge on any atom is 0.287 e. The predicted molar refractivity (Wildman–Crippen MR) is 110 cm³/mol. The van der Waals surface area contributed by atoms with Crippen LogP contribution >= 0.6 is 23.2 Å². The Morgan fingerprint density at radius 2 is 1.69 bits per heavy atom. The Labute approximate surface area is 178 Å². The molecule has 9 heteroatoms. The Morgan fingerprint density at radius 3 is 2.31 bits per heavy atom. The van der Waals surface area contributed by atoms with Gasteiger partial charge in [-0.3, -0.25) is 4.79 Å². The van der Waals surface area contributed by atoms with E-state index in [1.54, 1.807) is 25.3 Å². The predicted octanol–water partition coefficient (Wildman–Crippen LogP) is 4.50. The van der Waals surface area contributed by atoms with Crippen LogP contribution in [0, 0.1) is 0 Å². The first kappa shape index (κ1) is 21.2. The number of halogens is 2. The van der Waals surface area contributed by atoms with E-state index in [9.17, 15) is 13.2 Å². The first-order chi connectivity index (χ1) is 13.8. The molecule has 0 aliphatic heterocycles. The lowest BCUT2D eigenvalue weighted by atomic mass is 10.2. The van der Waals surface area contributed by atoms with Crippen molar-refractivity contribution in [3.05, 3.63) is 81.7 Å². The number of sulfone groups is 1. The number of ether oxygens (including phenoxy) is 1. The average molecular weight is 454 g/mol. The maximum atomic E-state index is 12.6. The molecule has 2 aromatic carbocycles. The Kier molecular flexibility index (Phi) is 6.52. The maximum absolute atomic E-state index is 12.6. The topological polar surface area (TPSA) is 85.6 Å². The molecule has 0 saturated carbocycles. The van der Waals surface area contributed by atoms with E-state index in [4.69, 9.17) is 32.4 Å². The smallest absolute Gasteiger partial charge is 0.287 e. The van der Waals surface area contributed by atoms with Crippen LogP contribution in [0.25, 0.3) is 0 Å². The first-order valence-electron chi connectivity index (χ1n) is 8.47. The molecule has 1 heterocycles. The van der Waals surface area contributed by atoms with Gasteiger partial charge in [-0.1, -0.05) is 41.4 Å². The zero-order valence-corrected chi connectivity index (χ0v) is 17.6. The van der Waals surface area contributed by atoms with Crippen LogP contribution in [0.3, 0.4) is 0 Å². The van der Waals surface area contributed by atoms with Crippen molar-refractivity contribution in [2.75, 3.05) is 7.11 Å². The van der Waals surface area contributed by atoms with Gasteiger partial charge in [0.1, 0.15) is 22.2 Å². The highest BCUT2D eigenvalue weighted by molar-refractivity contribution is 7.90. The van der Waals surface area contributed by atoms with Crippen LogP contribution in [0.15, 0.2) is 63.9 Å². The Hall–Kier alpha value is -2.48. The summed E-state index contributed by atoms with van der Waals surface area (Å²) in [7, 11) is -2.28. The fraction of sp³-hybridized carbons (Fsp3) is 0.150. The average Bonchev–Trinajstić information content (AvgIpc) is 3.14. The van der Waals surface area contributed by atoms with E-state index in [1.165, 1.54) is 24.3 Å². The Morgan fingerprint density at radius 1 is 1.03 bits per heavy atom. The van der Waals surface area contributed by atoms with Gasteiger partial charge >= 0.3 is 0 Å². The van der Waals surface area contributed by atoms with Gasteiger partial charge in [-0.15, -0.1) is 0 Å². The van der Waals surface area contributed by atoms with E-state index >= 15 is 0 Å². The van der Waals surface area contributed by atoms with Gasteiger partial charge in [-0.25, -0.2) is 8.42 Å². The van der Waals surface area contributed by atoms with E-state index in [1.807, 2.05) is 12.1 Å². The summed E-state index contributed by atoms with van der Waals surface area (Å²) >= 11 is 12.0. The summed E-state index contributed by atoms with van der Waals surface area (Å²) in [5.74, 6) is -0.0947. The van der Waals surface area contributed by atoms with Gasteiger partial charge in [0, 0.05) is 6.54 Å². The molecule has 0 spiro atoms. The van der Waals surface area contributed by atoms with Gasteiger partial charge in [0.15, 0.2) is 15.6 Å². The third kappa shape index (κ3) is 5.12. The van der Waals surface area contributed by atoms with Crippen molar-refractivity contribution in [3.8, 4) is 5.75 Å². The monoisotopic (exact) mass is 453 g/mol. The van der Waals surface area contributed by atoms with Gasteiger partial charge in [-0.05, 0) is 42.0 Å². The Balaban J connectivity index is 1.67. The zero-order chi connectivity index (χ0) is 21.0. The summed E-state index contributed by atoms with van der Waals surface area (Å²) in [4.78, 5) is 12.1. The molecule has 1 N–H and O–H groups in total. The van der Waals surface area contributed by atoms with E-state index < -0.39 is 21.5 Å². The van der Waals surface area contributed by atoms with E-state index in [0.29, 0.717) is 0 Å². The molecule has 3 aromatic rings. The highest BCUT2D eigenvalue weighted by Crippen LogP contribution is 2.31. The van der Waals surface area contributed by atoms with Crippen molar-refractivity contribution in [1.29, 1.82) is 0 Å². The van der Waals surface area contributed by atoms with Crippen molar-refractivity contribution in [2.24, 2.45) is 0 Å². The number of benzene rings is 2. The van der Waals surface area contributed by atoms with Crippen LogP contribution in [-0.2, 0) is 22.1 Å². The molecule has 0 fully saturated rings. The lowest BCUT2D eigenvalue weighted by Crippen LogP contribution is -2.22. The van der Waals surface area contributed by atoms with Crippen molar-refractivity contribution >= 4 is 38.9 Å². The number of rotatable bonds is 7. The SMILES string of the molecule is COc1ccc(CNC(=O)c2ccc(CS(=O)(=O)c3c(Cl)cccc3Cl)o2)cc1. The lowest BCUT2D eigenvalue weighted by molar-refractivity contribution is 0.0921. The highest BCUT2D eigenvalue weighted by Gasteiger charge is 2.24. The van der Waals surface area contributed by atoms with Crippen LogP contribution in [0.4, 0.5) is 0 Å². The fourth-order valence-electron chi connectivity index (χ4n) is 2.63. The molecule has 0 radical (unpaired) electrons. The van der Waals surface area contributed by atoms with Gasteiger partial charge in [-0.2, -0.15) is 0 Å². The number of nitrogens with one attached hydrogen (secondary N) is 1. The largest absolute Gasteiger partial charge is 0.497 e. The van der Waals surface area contributed by atoms with Crippen molar-refractivity contribution < 1.29 is 22.4 Å². The molecule has 0 aliphatic rings. The summed E-state index contributed by atoms with van der Waals surface area (Å²) in [6.07, 6.45) is 0. The van der Waals surface area contributed by atoms with Crippen LogP contribution in [0.1, 0.15) is 21.9 Å². The number of methoxy groups -OCH3 is 1. The van der Waals surface area contributed by atoms with E-state index in [2.05, 4.69) is 5.32 Å². The molecule has 3 rings (SSSR count). The molecule has 0 bridgehead atoms. The summed E-state index contributed by atoms with van der Waals surface area (Å²) in [5.41, 5.74) is 0.877. The minimum Gasteiger partial charge on any atom is -0.497 e. The molecular formula is C20H17Cl2NO5S. The molecule has 152 valence electrons. The second kappa shape index (κ2) is 8.90. The lowest BCUT2D eigenvalue weighted by Gasteiger charge is -2.07. The van der Waals surface area contributed by atoms with Crippen LogP contribution < -0.4 is 10.1 Å². The van der Waals surface area contributed by atoms with Gasteiger partial charge in [0.05, 0.1) is 17.2 Å². The standard InChI is InChI=1S/C20H17Cl2NO5S/c1-27-14-7-5-13(6-8-14)11-23-20(24)18-10-9-15(28-18)12-29(25,26)19-16(21)3-2-4-17(19)22/h2-10H,11-12H2,1H3,(H,23,24). The number of hydrogen-bond acceptors (Lipinski definition) is 5. The number of carbonyl (C=O) groups is 1. The molecule has 29 heavy (non-hydrogen) atoms. The Bertz CT molecular complexity index is 1100. The molecule has 0 unspecified atom stereocenters. The third-order valence-corrected chi connectivity index (χ3v) is 6.64. The number of hydrogen-bond donors (Lipinski definition) is 1. The second-order valence-electron chi connectivity index (χ2n) is 6.11. The number of furan rings is 1.